The van der Waals surface area contributed by atoms with Crippen LogP contribution in [0.3, 0.4) is 0 Å². The molecule has 3 nitrogen and oxygen atoms in total. The van der Waals surface area contributed by atoms with Crippen LogP contribution in [0.5, 0.6) is 0 Å². The number of amides is 1. The molecule has 0 aromatic rings. The van der Waals surface area contributed by atoms with E-state index in [4.69, 9.17) is 5.73 Å². The molecule has 2 N–H and O–H groups in total. The van der Waals surface area contributed by atoms with E-state index in [0.29, 0.717) is 12.3 Å². The van der Waals surface area contributed by atoms with E-state index in [1.54, 1.807) is 0 Å². The Kier molecular flexibility index (Phi) is 5.69. The van der Waals surface area contributed by atoms with Gasteiger partial charge in [-0.15, -0.1) is 0 Å². The number of unbranched alkanes of at least 4 members (excludes halogenated alkanes) is 2. The lowest BCUT2D eigenvalue weighted by Gasteiger charge is -2.31. The van der Waals surface area contributed by atoms with E-state index < -0.39 is 0 Å². The Morgan fingerprint density at radius 3 is 2.53 bits per heavy atom. The third kappa shape index (κ3) is 5.17. The van der Waals surface area contributed by atoms with Crippen LogP contribution in [-0.4, -0.2) is 30.4 Å². The normalized spacial score (nSPS) is 19.3. The summed E-state index contributed by atoms with van der Waals surface area (Å²) in [5.74, 6) is 0.407. The van der Waals surface area contributed by atoms with E-state index in [2.05, 4.69) is 11.8 Å². The zero-order valence-corrected chi connectivity index (χ0v) is 9.87. The van der Waals surface area contributed by atoms with Gasteiger partial charge in [0.25, 0.3) is 0 Å². The summed E-state index contributed by atoms with van der Waals surface area (Å²) < 4.78 is 0. The minimum absolute atomic E-state index is 0.139. The van der Waals surface area contributed by atoms with E-state index in [1.165, 1.54) is 25.8 Å². The van der Waals surface area contributed by atoms with E-state index in [1.807, 2.05) is 0 Å². The Labute approximate surface area is 93.0 Å². The molecule has 1 aliphatic rings. The Bertz CT molecular complexity index is 186. The number of primary amides is 1. The second-order valence-electron chi connectivity index (χ2n) is 4.66. The van der Waals surface area contributed by atoms with Crippen molar-refractivity contribution in [2.75, 3.05) is 19.6 Å². The van der Waals surface area contributed by atoms with Crippen LogP contribution in [0, 0.1) is 5.92 Å². The Morgan fingerprint density at radius 1 is 1.33 bits per heavy atom. The molecule has 1 fully saturated rings. The van der Waals surface area contributed by atoms with Crippen molar-refractivity contribution in [2.24, 2.45) is 11.7 Å². The third-order valence-corrected chi connectivity index (χ3v) is 3.27. The predicted octanol–water partition coefficient (Wildman–Crippen LogP) is 1.76. The molecule has 0 radical (unpaired) electrons. The van der Waals surface area contributed by atoms with E-state index in [9.17, 15) is 4.79 Å². The van der Waals surface area contributed by atoms with Gasteiger partial charge in [0.15, 0.2) is 0 Å². The van der Waals surface area contributed by atoms with Crippen LogP contribution >= 0.6 is 0 Å². The maximum absolute atomic E-state index is 10.8. The highest BCUT2D eigenvalue weighted by Gasteiger charge is 2.19. The van der Waals surface area contributed by atoms with Crippen LogP contribution in [0.1, 0.15) is 45.4 Å². The van der Waals surface area contributed by atoms with Crippen LogP contribution in [0.2, 0.25) is 0 Å². The molecule has 15 heavy (non-hydrogen) atoms. The first-order valence-electron chi connectivity index (χ1n) is 6.23. The topological polar surface area (TPSA) is 46.3 Å². The molecule has 0 atom stereocenters. The van der Waals surface area contributed by atoms with Crippen molar-refractivity contribution >= 4 is 5.91 Å². The van der Waals surface area contributed by atoms with Crippen LogP contribution < -0.4 is 5.73 Å². The van der Waals surface area contributed by atoms with Crippen molar-refractivity contribution in [3.05, 3.63) is 0 Å². The zero-order valence-electron chi connectivity index (χ0n) is 9.87. The zero-order chi connectivity index (χ0) is 11.1. The van der Waals surface area contributed by atoms with Gasteiger partial charge in [-0.2, -0.15) is 0 Å². The Balaban J connectivity index is 2.10. The summed E-state index contributed by atoms with van der Waals surface area (Å²) in [6.07, 6.45) is 6.82. The third-order valence-electron chi connectivity index (χ3n) is 3.27. The summed E-state index contributed by atoms with van der Waals surface area (Å²) >= 11 is 0. The van der Waals surface area contributed by atoms with Gasteiger partial charge in [0.1, 0.15) is 0 Å². The number of likely N-dealkylation sites (tertiary alicyclic amines) is 1. The maximum atomic E-state index is 10.8. The van der Waals surface area contributed by atoms with Crippen LogP contribution in [0.4, 0.5) is 0 Å². The smallest absolute Gasteiger partial charge is 0.217 e. The molecule has 1 amide bonds. The lowest BCUT2D eigenvalue weighted by molar-refractivity contribution is -0.119. The van der Waals surface area contributed by atoms with Crippen molar-refractivity contribution in [3.63, 3.8) is 0 Å². The second kappa shape index (κ2) is 6.83. The van der Waals surface area contributed by atoms with Gasteiger partial charge in [0.05, 0.1) is 0 Å². The first-order valence-corrected chi connectivity index (χ1v) is 6.23. The van der Waals surface area contributed by atoms with Crippen molar-refractivity contribution < 1.29 is 4.79 Å². The number of nitrogens with zero attached hydrogens (tertiary/aromatic N) is 1. The molecule has 0 spiro atoms. The van der Waals surface area contributed by atoms with Gasteiger partial charge in [0, 0.05) is 6.42 Å². The lowest BCUT2D eigenvalue weighted by atomic mass is 9.93. The number of nitrogens with two attached hydrogens (primary N) is 1. The van der Waals surface area contributed by atoms with Gasteiger partial charge < -0.3 is 10.6 Å². The number of hydrogen-bond donors (Lipinski definition) is 1. The molecule has 0 saturated carbocycles. The van der Waals surface area contributed by atoms with Crippen LogP contribution in [0.15, 0.2) is 0 Å². The molecule has 0 aliphatic carbocycles. The SMILES string of the molecule is CCCCCN1CCC(CC(N)=O)CC1. The van der Waals surface area contributed by atoms with Crippen molar-refractivity contribution in [3.8, 4) is 0 Å². The van der Waals surface area contributed by atoms with E-state index in [0.717, 1.165) is 25.9 Å². The second-order valence-corrected chi connectivity index (χ2v) is 4.66. The lowest BCUT2D eigenvalue weighted by Crippen LogP contribution is -2.35. The molecular weight excluding hydrogens is 188 g/mol. The molecule has 0 aromatic heterocycles. The summed E-state index contributed by atoms with van der Waals surface area (Å²) in [6, 6.07) is 0. The average molecular weight is 212 g/mol. The Hall–Kier alpha value is -0.570. The fourth-order valence-corrected chi connectivity index (χ4v) is 2.28. The number of rotatable bonds is 6. The number of carbonyl (C=O) groups excluding carboxylic acids is 1. The molecule has 0 aromatic carbocycles. The number of hydrogen-bond acceptors (Lipinski definition) is 2. The highest BCUT2D eigenvalue weighted by molar-refractivity contribution is 5.73. The molecule has 1 heterocycles. The highest BCUT2D eigenvalue weighted by Crippen LogP contribution is 2.20. The molecule has 0 unspecified atom stereocenters. The summed E-state index contributed by atoms with van der Waals surface area (Å²) in [6.45, 7) is 5.78. The standard InChI is InChI=1S/C12H24N2O/c1-2-3-4-7-14-8-5-11(6-9-14)10-12(13)15/h11H,2-10H2,1H3,(H2,13,15). The predicted molar refractivity (Wildman–Crippen MR) is 62.5 cm³/mol. The molecule has 1 saturated heterocycles. The van der Waals surface area contributed by atoms with E-state index >= 15 is 0 Å². The van der Waals surface area contributed by atoms with Gasteiger partial charge in [-0.3, -0.25) is 4.79 Å². The minimum atomic E-state index is -0.139. The summed E-state index contributed by atoms with van der Waals surface area (Å²) in [5, 5.41) is 0. The maximum Gasteiger partial charge on any atom is 0.217 e. The quantitative estimate of drug-likeness (QED) is 0.682. The molecule has 0 bridgehead atoms. The van der Waals surface area contributed by atoms with Gasteiger partial charge in [0.2, 0.25) is 5.91 Å². The molecule has 88 valence electrons. The first kappa shape index (κ1) is 12.5. The minimum Gasteiger partial charge on any atom is -0.370 e. The van der Waals surface area contributed by atoms with Gasteiger partial charge in [-0.1, -0.05) is 19.8 Å². The summed E-state index contributed by atoms with van der Waals surface area (Å²) in [4.78, 5) is 13.3. The van der Waals surface area contributed by atoms with Gasteiger partial charge >= 0.3 is 0 Å². The largest absolute Gasteiger partial charge is 0.370 e. The monoisotopic (exact) mass is 212 g/mol. The highest BCUT2D eigenvalue weighted by atomic mass is 16.1. The van der Waals surface area contributed by atoms with Crippen LogP contribution in [-0.2, 0) is 4.79 Å². The number of carbonyl (C=O) groups is 1. The van der Waals surface area contributed by atoms with Gasteiger partial charge in [-0.05, 0) is 44.8 Å². The van der Waals surface area contributed by atoms with Gasteiger partial charge in [-0.25, -0.2) is 0 Å². The van der Waals surface area contributed by atoms with Crippen molar-refractivity contribution in [1.29, 1.82) is 0 Å². The summed E-state index contributed by atoms with van der Waals surface area (Å²) in [7, 11) is 0. The average Bonchev–Trinajstić information content (AvgIpc) is 2.20. The first-order chi connectivity index (χ1) is 7.22. The fourth-order valence-electron chi connectivity index (χ4n) is 2.28. The van der Waals surface area contributed by atoms with Crippen molar-refractivity contribution in [2.45, 2.75) is 45.4 Å². The van der Waals surface area contributed by atoms with Crippen LogP contribution in [0.25, 0.3) is 0 Å². The summed E-state index contributed by atoms with van der Waals surface area (Å²) in [5.41, 5.74) is 5.20. The van der Waals surface area contributed by atoms with Crippen molar-refractivity contribution in [1.82, 2.24) is 4.90 Å². The Morgan fingerprint density at radius 2 is 2.00 bits per heavy atom. The number of piperidine rings is 1. The fraction of sp³-hybridized carbons (Fsp3) is 0.917. The van der Waals surface area contributed by atoms with E-state index in [-0.39, 0.29) is 5.91 Å². The molecule has 1 aliphatic heterocycles. The molecular formula is C12H24N2O. The molecule has 3 heteroatoms. The molecule has 1 rings (SSSR count).